The summed E-state index contributed by atoms with van der Waals surface area (Å²) in [5.41, 5.74) is 6.22. The SMILES string of the molecule is Cc1cc(C)c(-c2cc3oc(C=C4C(=O)c5cc(Cl)c(Cl)cc5C4=O)cc3s2)c(C)c1. The Kier molecular flexibility index (Phi) is 4.70. The van der Waals surface area contributed by atoms with Gasteiger partial charge in [-0.2, -0.15) is 0 Å². The molecule has 0 radical (unpaired) electrons. The van der Waals surface area contributed by atoms with Crippen LogP contribution < -0.4 is 0 Å². The van der Waals surface area contributed by atoms with Gasteiger partial charge in [0, 0.05) is 28.1 Å². The zero-order chi connectivity index (χ0) is 22.0. The number of rotatable bonds is 2. The first kappa shape index (κ1) is 20.3. The summed E-state index contributed by atoms with van der Waals surface area (Å²) in [5.74, 6) is -0.276. The summed E-state index contributed by atoms with van der Waals surface area (Å²) in [6, 6.07) is 11.1. The average molecular weight is 467 g/mol. The number of hydrogen-bond donors (Lipinski definition) is 0. The van der Waals surface area contributed by atoms with Crippen molar-refractivity contribution in [3.05, 3.63) is 85.6 Å². The molecule has 2 aromatic heterocycles. The summed E-state index contributed by atoms with van der Waals surface area (Å²) < 4.78 is 6.92. The van der Waals surface area contributed by atoms with Crippen LogP contribution in [0.25, 0.3) is 26.8 Å². The van der Waals surface area contributed by atoms with E-state index in [0.717, 1.165) is 15.2 Å². The number of carbonyl (C=O) groups excluding carboxylic acids is 2. The number of thiophene rings is 1. The molecule has 3 nitrogen and oxygen atoms in total. The number of halogens is 2. The van der Waals surface area contributed by atoms with Crippen molar-refractivity contribution < 1.29 is 14.0 Å². The second-order valence-electron chi connectivity index (χ2n) is 7.79. The molecular weight excluding hydrogens is 451 g/mol. The molecule has 1 aliphatic rings. The smallest absolute Gasteiger partial charge is 0.197 e. The molecule has 31 heavy (non-hydrogen) atoms. The van der Waals surface area contributed by atoms with Crippen LogP contribution in [0.1, 0.15) is 43.2 Å². The topological polar surface area (TPSA) is 47.3 Å². The van der Waals surface area contributed by atoms with Crippen molar-refractivity contribution in [2.24, 2.45) is 0 Å². The Morgan fingerprint density at radius 3 is 1.97 bits per heavy atom. The number of carbonyl (C=O) groups is 2. The second kappa shape index (κ2) is 7.20. The van der Waals surface area contributed by atoms with Gasteiger partial charge < -0.3 is 4.42 Å². The van der Waals surface area contributed by atoms with Crippen molar-refractivity contribution in [3.63, 3.8) is 0 Å². The molecule has 154 valence electrons. The maximum absolute atomic E-state index is 12.7. The standard InChI is InChI=1S/C25H16Cl2O3S/c1-11-4-12(2)23(13(3)5-11)22-10-20-21(31-22)7-14(30-20)6-17-24(28)15-8-18(26)19(27)9-16(15)25(17)29/h4-10H,1-3H3. The third-order valence-electron chi connectivity index (χ3n) is 5.48. The average Bonchev–Trinajstić information content (AvgIpc) is 3.30. The van der Waals surface area contributed by atoms with Crippen LogP contribution in [0, 0.1) is 20.8 Å². The molecule has 0 amide bonds. The molecule has 0 fully saturated rings. The molecule has 0 aliphatic heterocycles. The lowest BCUT2D eigenvalue weighted by atomic mass is 9.99. The van der Waals surface area contributed by atoms with Gasteiger partial charge in [0.25, 0.3) is 0 Å². The zero-order valence-corrected chi connectivity index (χ0v) is 19.3. The zero-order valence-electron chi connectivity index (χ0n) is 16.9. The molecule has 0 saturated heterocycles. The van der Waals surface area contributed by atoms with Crippen molar-refractivity contribution in [1.82, 2.24) is 0 Å². The number of aryl methyl sites for hydroxylation is 3. The number of hydrogen-bond acceptors (Lipinski definition) is 4. The van der Waals surface area contributed by atoms with Crippen LogP contribution in [0.15, 0.2) is 46.4 Å². The minimum atomic E-state index is -0.370. The van der Waals surface area contributed by atoms with Gasteiger partial charge in [0.15, 0.2) is 11.6 Å². The molecule has 0 bridgehead atoms. The van der Waals surface area contributed by atoms with E-state index in [4.69, 9.17) is 27.6 Å². The molecule has 0 unspecified atom stereocenters. The molecule has 0 saturated carbocycles. The lowest BCUT2D eigenvalue weighted by Crippen LogP contribution is -1.99. The predicted octanol–water partition coefficient (Wildman–Crippen LogP) is 7.86. The van der Waals surface area contributed by atoms with Gasteiger partial charge >= 0.3 is 0 Å². The van der Waals surface area contributed by atoms with Crippen molar-refractivity contribution in [3.8, 4) is 10.4 Å². The van der Waals surface area contributed by atoms with Crippen LogP contribution >= 0.6 is 34.5 Å². The maximum Gasteiger partial charge on any atom is 0.197 e. The van der Waals surface area contributed by atoms with E-state index in [9.17, 15) is 9.59 Å². The molecular formula is C25H16Cl2O3S. The van der Waals surface area contributed by atoms with Crippen LogP contribution in [-0.4, -0.2) is 11.6 Å². The summed E-state index contributed by atoms with van der Waals surface area (Å²) >= 11 is 13.7. The fraction of sp³-hybridized carbons (Fsp3) is 0.120. The highest BCUT2D eigenvalue weighted by Gasteiger charge is 2.34. The highest BCUT2D eigenvalue weighted by Crippen LogP contribution is 2.40. The Bertz CT molecular complexity index is 1370. The molecule has 0 spiro atoms. The summed E-state index contributed by atoms with van der Waals surface area (Å²) in [4.78, 5) is 26.6. The van der Waals surface area contributed by atoms with Crippen molar-refractivity contribution in [1.29, 1.82) is 0 Å². The molecule has 5 rings (SSSR count). The van der Waals surface area contributed by atoms with Crippen LogP contribution in [-0.2, 0) is 0 Å². The van der Waals surface area contributed by atoms with E-state index in [1.54, 1.807) is 11.3 Å². The van der Waals surface area contributed by atoms with Gasteiger partial charge in [0.2, 0.25) is 0 Å². The number of allylic oxidation sites excluding steroid dienone is 1. The Morgan fingerprint density at radius 2 is 1.42 bits per heavy atom. The first-order valence-electron chi connectivity index (χ1n) is 9.64. The number of ketones is 2. The third-order valence-corrected chi connectivity index (χ3v) is 7.28. The highest BCUT2D eigenvalue weighted by atomic mass is 35.5. The maximum atomic E-state index is 12.7. The van der Waals surface area contributed by atoms with Gasteiger partial charge in [-0.1, -0.05) is 40.9 Å². The Morgan fingerprint density at radius 1 is 0.839 bits per heavy atom. The fourth-order valence-electron chi connectivity index (χ4n) is 4.21. The third kappa shape index (κ3) is 3.26. The minimum absolute atomic E-state index is 0.0557. The van der Waals surface area contributed by atoms with E-state index in [0.29, 0.717) is 5.76 Å². The Labute approximate surface area is 192 Å². The van der Waals surface area contributed by atoms with Crippen LogP contribution in [0.4, 0.5) is 0 Å². The van der Waals surface area contributed by atoms with E-state index >= 15 is 0 Å². The van der Waals surface area contributed by atoms with Gasteiger partial charge in [-0.05, 0) is 55.7 Å². The fourth-order valence-corrected chi connectivity index (χ4v) is 5.74. The van der Waals surface area contributed by atoms with Gasteiger partial charge in [-0.15, -0.1) is 11.3 Å². The summed E-state index contributed by atoms with van der Waals surface area (Å²) in [6.45, 7) is 6.32. The molecule has 2 heterocycles. The molecule has 4 aromatic rings. The molecule has 1 aliphatic carbocycles. The van der Waals surface area contributed by atoms with Gasteiger partial charge in [-0.3, -0.25) is 9.59 Å². The van der Waals surface area contributed by atoms with Crippen LogP contribution in [0.5, 0.6) is 0 Å². The monoisotopic (exact) mass is 466 g/mol. The molecule has 6 heteroatoms. The first-order chi connectivity index (χ1) is 14.7. The van der Waals surface area contributed by atoms with E-state index in [2.05, 4.69) is 32.9 Å². The first-order valence-corrected chi connectivity index (χ1v) is 11.2. The lowest BCUT2D eigenvalue weighted by molar-refractivity contribution is 0.0990. The number of Topliss-reactive ketones (excluding diaryl/α,β-unsaturated/α-hetero) is 2. The Balaban J connectivity index is 1.53. The van der Waals surface area contributed by atoms with Gasteiger partial charge in [0.1, 0.15) is 11.3 Å². The van der Waals surface area contributed by atoms with Crippen molar-refractivity contribution in [2.75, 3.05) is 0 Å². The van der Waals surface area contributed by atoms with E-state index < -0.39 is 0 Å². The summed E-state index contributed by atoms with van der Waals surface area (Å²) in [6.07, 6.45) is 1.50. The van der Waals surface area contributed by atoms with E-state index in [-0.39, 0.29) is 38.3 Å². The summed E-state index contributed by atoms with van der Waals surface area (Å²) in [7, 11) is 0. The van der Waals surface area contributed by atoms with Gasteiger partial charge in [-0.25, -0.2) is 0 Å². The molecule has 2 aromatic carbocycles. The molecule has 0 atom stereocenters. The normalized spacial score (nSPS) is 13.4. The quantitative estimate of drug-likeness (QED) is 0.223. The van der Waals surface area contributed by atoms with Crippen LogP contribution in [0.3, 0.4) is 0 Å². The predicted molar refractivity (Wildman–Crippen MR) is 127 cm³/mol. The van der Waals surface area contributed by atoms with Crippen molar-refractivity contribution >= 4 is 62.5 Å². The number of fused-ring (bicyclic) bond motifs is 2. The van der Waals surface area contributed by atoms with Gasteiger partial charge in [0.05, 0.1) is 20.3 Å². The van der Waals surface area contributed by atoms with Crippen molar-refractivity contribution in [2.45, 2.75) is 20.8 Å². The summed E-state index contributed by atoms with van der Waals surface area (Å²) in [5, 5.41) is 0.492. The highest BCUT2D eigenvalue weighted by molar-refractivity contribution is 7.22. The van der Waals surface area contributed by atoms with E-state index in [1.165, 1.54) is 40.5 Å². The molecule has 0 N–H and O–H groups in total. The Hall–Kier alpha value is -2.66. The number of benzene rings is 2. The second-order valence-corrected chi connectivity index (χ2v) is 9.69. The lowest BCUT2D eigenvalue weighted by Gasteiger charge is -2.09. The van der Waals surface area contributed by atoms with E-state index in [1.807, 2.05) is 12.1 Å². The largest absolute Gasteiger partial charge is 0.456 e. The number of furan rings is 1. The van der Waals surface area contributed by atoms with Crippen LogP contribution in [0.2, 0.25) is 10.0 Å². The minimum Gasteiger partial charge on any atom is -0.456 e.